The first-order chi connectivity index (χ1) is 24.7. The number of benzene rings is 7. The van der Waals surface area contributed by atoms with Crippen molar-refractivity contribution in [2.24, 2.45) is 9.98 Å². The van der Waals surface area contributed by atoms with E-state index in [0.29, 0.717) is 5.84 Å². The van der Waals surface area contributed by atoms with Crippen LogP contribution in [0.1, 0.15) is 16.7 Å². The highest BCUT2D eigenvalue weighted by Gasteiger charge is 2.18. The zero-order valence-corrected chi connectivity index (χ0v) is 27.1. The van der Waals surface area contributed by atoms with E-state index in [1.54, 1.807) is 6.21 Å². The number of para-hydroxylation sites is 3. The fraction of sp³-hybridized carbons (Fsp3) is 0. The van der Waals surface area contributed by atoms with Gasteiger partial charge in [0.2, 0.25) is 0 Å². The number of nitrogens with zero attached hydrogens (tertiary/aromatic N) is 4. The summed E-state index contributed by atoms with van der Waals surface area (Å²) in [4.78, 5) is 9.50. The standard InChI is InChI=1S/C45H31N5/c46-44(32-16-6-2-7-17-32)48-45(47-30-31-14-4-1-5-15-31)33-24-26-35(27-25-33)50-41-23-13-11-21-37(41)39-28-42-38(29-43(39)50)36-20-10-12-22-40(36)49(42)34-18-8-3-9-19-34/h1-30,46H. The number of hydrogen-bond donors (Lipinski definition) is 1. The van der Waals surface area contributed by atoms with Gasteiger partial charge in [0.15, 0.2) is 11.7 Å². The van der Waals surface area contributed by atoms with Crippen LogP contribution in [0, 0.1) is 5.41 Å². The van der Waals surface area contributed by atoms with Crippen molar-refractivity contribution in [2.45, 2.75) is 0 Å². The molecule has 0 unspecified atom stereocenters. The van der Waals surface area contributed by atoms with Gasteiger partial charge in [-0.1, -0.05) is 115 Å². The van der Waals surface area contributed by atoms with Gasteiger partial charge in [-0.3, -0.25) is 5.41 Å². The van der Waals surface area contributed by atoms with Gasteiger partial charge in [-0.15, -0.1) is 0 Å². The molecule has 0 radical (unpaired) electrons. The van der Waals surface area contributed by atoms with Gasteiger partial charge in [-0.2, -0.15) is 0 Å². The highest BCUT2D eigenvalue weighted by atomic mass is 15.0. The molecule has 0 aliphatic carbocycles. The van der Waals surface area contributed by atoms with Gasteiger partial charge < -0.3 is 9.13 Å². The first kappa shape index (κ1) is 29.3. The van der Waals surface area contributed by atoms with E-state index >= 15 is 0 Å². The summed E-state index contributed by atoms with van der Waals surface area (Å²) in [6.07, 6.45) is 1.80. The molecule has 0 spiro atoms. The molecular weight excluding hydrogens is 611 g/mol. The summed E-state index contributed by atoms with van der Waals surface area (Å²) in [5.74, 6) is 0.642. The van der Waals surface area contributed by atoms with Crippen molar-refractivity contribution in [1.82, 2.24) is 9.13 Å². The lowest BCUT2D eigenvalue weighted by Gasteiger charge is -2.10. The Kier molecular flexibility index (Phi) is 7.21. The SMILES string of the molecule is N=C(N=C(N=Cc1ccccc1)c1ccc(-n2c3ccccc3c3cc4c(cc32)c2ccccc2n4-c2ccccc2)cc1)c1ccccc1. The number of rotatable bonds is 5. The average Bonchev–Trinajstić information content (AvgIpc) is 3.68. The summed E-state index contributed by atoms with van der Waals surface area (Å²) in [5, 5.41) is 13.6. The maximum atomic E-state index is 8.74. The number of aromatic nitrogens is 2. The Balaban J connectivity index is 1.21. The third kappa shape index (κ3) is 5.09. The summed E-state index contributed by atoms with van der Waals surface area (Å²) in [6.45, 7) is 0. The molecule has 5 nitrogen and oxygen atoms in total. The van der Waals surface area contributed by atoms with Crippen LogP contribution >= 0.6 is 0 Å². The topological polar surface area (TPSA) is 58.4 Å². The molecule has 0 saturated carbocycles. The number of fused-ring (bicyclic) bond motifs is 6. The van der Waals surface area contributed by atoms with Crippen molar-refractivity contribution < 1.29 is 0 Å². The van der Waals surface area contributed by atoms with E-state index in [1.165, 1.54) is 32.6 Å². The minimum absolute atomic E-state index is 0.163. The molecule has 0 amide bonds. The van der Waals surface area contributed by atoms with Gasteiger partial charge in [0.05, 0.1) is 22.1 Å². The van der Waals surface area contributed by atoms with Crippen molar-refractivity contribution in [1.29, 1.82) is 5.41 Å². The molecular formula is C45H31N5. The van der Waals surface area contributed by atoms with Crippen molar-refractivity contribution in [3.8, 4) is 11.4 Å². The van der Waals surface area contributed by atoms with Crippen molar-refractivity contribution in [3.05, 3.63) is 193 Å². The fourth-order valence-electron chi connectivity index (χ4n) is 6.93. The summed E-state index contributed by atoms with van der Waals surface area (Å²) < 4.78 is 4.72. The average molecular weight is 642 g/mol. The predicted molar refractivity (Wildman–Crippen MR) is 209 cm³/mol. The van der Waals surface area contributed by atoms with E-state index in [4.69, 9.17) is 15.4 Å². The largest absolute Gasteiger partial charge is 0.309 e. The molecule has 0 atom stereocenters. The maximum Gasteiger partial charge on any atom is 0.161 e. The molecule has 50 heavy (non-hydrogen) atoms. The molecule has 0 aliphatic rings. The molecule has 9 rings (SSSR count). The second-order valence-electron chi connectivity index (χ2n) is 12.3. The zero-order chi connectivity index (χ0) is 33.4. The van der Waals surface area contributed by atoms with Gasteiger partial charge >= 0.3 is 0 Å². The first-order valence-electron chi connectivity index (χ1n) is 16.7. The molecule has 1 N–H and O–H groups in total. The van der Waals surface area contributed by atoms with Gasteiger partial charge in [0.1, 0.15) is 0 Å². The maximum absolute atomic E-state index is 8.74. The van der Waals surface area contributed by atoms with E-state index in [0.717, 1.165) is 39.1 Å². The molecule has 0 fully saturated rings. The van der Waals surface area contributed by atoms with Gasteiger partial charge in [0, 0.05) is 50.3 Å². The lowest BCUT2D eigenvalue weighted by Crippen LogP contribution is -2.05. The predicted octanol–water partition coefficient (Wildman–Crippen LogP) is 10.8. The lowest BCUT2D eigenvalue weighted by molar-refractivity contribution is 1.17. The second-order valence-corrected chi connectivity index (χ2v) is 12.3. The third-order valence-electron chi connectivity index (χ3n) is 9.26. The van der Waals surface area contributed by atoms with E-state index in [2.05, 4.69) is 124 Å². The highest BCUT2D eigenvalue weighted by molar-refractivity contribution is 6.19. The molecule has 5 heteroatoms. The van der Waals surface area contributed by atoms with Crippen LogP contribution in [-0.2, 0) is 0 Å². The smallest absolute Gasteiger partial charge is 0.161 e. The lowest BCUT2D eigenvalue weighted by atomic mass is 10.1. The van der Waals surface area contributed by atoms with Crippen molar-refractivity contribution >= 4 is 61.5 Å². The molecule has 9 aromatic rings. The number of nitrogens with one attached hydrogen (secondary N) is 1. The molecule has 2 aromatic heterocycles. The minimum atomic E-state index is 0.163. The fourth-order valence-corrected chi connectivity index (χ4v) is 6.93. The van der Waals surface area contributed by atoms with E-state index in [-0.39, 0.29) is 5.84 Å². The number of amidine groups is 2. The molecule has 0 saturated heterocycles. The third-order valence-corrected chi connectivity index (χ3v) is 9.26. The van der Waals surface area contributed by atoms with Crippen LogP contribution in [0.4, 0.5) is 0 Å². The van der Waals surface area contributed by atoms with E-state index in [1.807, 2.05) is 60.7 Å². The molecule has 2 heterocycles. The summed E-state index contributed by atoms with van der Waals surface area (Å²) >= 11 is 0. The minimum Gasteiger partial charge on any atom is -0.309 e. The Morgan fingerprint density at radius 2 is 0.920 bits per heavy atom. The molecule has 236 valence electrons. The van der Waals surface area contributed by atoms with Gasteiger partial charge in [-0.25, -0.2) is 9.98 Å². The summed E-state index contributed by atoms with van der Waals surface area (Å²) in [6, 6.07) is 60.4. The van der Waals surface area contributed by atoms with Crippen molar-refractivity contribution in [3.63, 3.8) is 0 Å². The van der Waals surface area contributed by atoms with Gasteiger partial charge in [-0.05, 0) is 66.2 Å². The molecule has 7 aromatic carbocycles. The van der Waals surface area contributed by atoms with Gasteiger partial charge in [0.25, 0.3) is 0 Å². The summed E-state index contributed by atoms with van der Waals surface area (Å²) in [7, 11) is 0. The Morgan fingerprint density at radius 1 is 0.440 bits per heavy atom. The van der Waals surface area contributed by atoms with Crippen LogP contribution in [0.2, 0.25) is 0 Å². The monoisotopic (exact) mass is 641 g/mol. The number of aliphatic imine (C=N–C) groups is 2. The summed E-state index contributed by atoms with van der Waals surface area (Å²) in [5.41, 5.74) is 9.36. The van der Waals surface area contributed by atoms with Crippen LogP contribution in [0.5, 0.6) is 0 Å². The first-order valence-corrected chi connectivity index (χ1v) is 16.7. The van der Waals surface area contributed by atoms with Crippen LogP contribution in [0.3, 0.4) is 0 Å². The van der Waals surface area contributed by atoms with E-state index in [9.17, 15) is 0 Å². The second kappa shape index (κ2) is 12.3. The van der Waals surface area contributed by atoms with Crippen molar-refractivity contribution in [2.75, 3.05) is 0 Å². The molecule has 0 bridgehead atoms. The van der Waals surface area contributed by atoms with Crippen LogP contribution < -0.4 is 0 Å². The van der Waals surface area contributed by atoms with Crippen LogP contribution in [0.25, 0.3) is 55.0 Å². The zero-order valence-electron chi connectivity index (χ0n) is 27.1. The Hall–Kier alpha value is -6.85. The van der Waals surface area contributed by atoms with E-state index < -0.39 is 0 Å². The Labute approximate surface area is 289 Å². The molecule has 0 aliphatic heterocycles. The Morgan fingerprint density at radius 3 is 1.50 bits per heavy atom. The highest BCUT2D eigenvalue weighted by Crippen LogP contribution is 2.39. The quantitative estimate of drug-likeness (QED) is 0.144. The normalized spacial score (nSPS) is 12.1. The van der Waals surface area contributed by atoms with Crippen LogP contribution in [-0.4, -0.2) is 27.0 Å². The van der Waals surface area contributed by atoms with Crippen LogP contribution in [0.15, 0.2) is 186 Å². The Bertz CT molecular complexity index is 2740. The number of hydrogen-bond acceptors (Lipinski definition) is 1.